The van der Waals surface area contributed by atoms with Gasteiger partial charge in [-0.05, 0) is 36.9 Å². The Morgan fingerprint density at radius 1 is 1.54 bits per heavy atom. The van der Waals surface area contributed by atoms with Gasteiger partial charge in [0.25, 0.3) is 0 Å². The van der Waals surface area contributed by atoms with Gasteiger partial charge >= 0.3 is 0 Å². The lowest BCUT2D eigenvalue weighted by Crippen LogP contribution is -2.18. The van der Waals surface area contributed by atoms with E-state index in [1.54, 1.807) is 6.20 Å². The Balaban J connectivity index is 2.34. The maximum atomic E-state index is 8.91. The Labute approximate surface area is 78.6 Å². The van der Waals surface area contributed by atoms with Crippen LogP contribution in [-0.4, -0.2) is 23.2 Å². The first-order valence-corrected chi connectivity index (χ1v) is 4.56. The smallest absolute Gasteiger partial charge is 0.0471 e. The van der Waals surface area contributed by atoms with Crippen LogP contribution in [0.15, 0.2) is 24.5 Å². The molecule has 0 aliphatic carbocycles. The fourth-order valence-electron chi connectivity index (χ4n) is 1.20. The van der Waals surface area contributed by atoms with Crippen molar-refractivity contribution in [3.05, 3.63) is 30.1 Å². The number of aryl methyl sites for hydroxylation is 1. The molecule has 0 saturated heterocycles. The van der Waals surface area contributed by atoms with Crippen LogP contribution in [0.4, 0.5) is 0 Å². The van der Waals surface area contributed by atoms with Gasteiger partial charge in [-0.1, -0.05) is 6.07 Å². The first-order valence-electron chi connectivity index (χ1n) is 4.56. The minimum atomic E-state index is 0.177. The molecular formula is C10H16N2O. The summed E-state index contributed by atoms with van der Waals surface area (Å²) in [5.74, 6) is 0.222. The molecule has 1 aromatic heterocycles. The van der Waals surface area contributed by atoms with Gasteiger partial charge in [0.15, 0.2) is 0 Å². The van der Waals surface area contributed by atoms with Crippen LogP contribution >= 0.6 is 0 Å². The van der Waals surface area contributed by atoms with Gasteiger partial charge in [-0.25, -0.2) is 0 Å². The van der Waals surface area contributed by atoms with E-state index in [0.29, 0.717) is 6.54 Å². The molecular weight excluding hydrogens is 164 g/mol. The maximum absolute atomic E-state index is 8.91. The number of nitrogens with two attached hydrogens (primary N) is 1. The number of rotatable bonds is 5. The Hall–Kier alpha value is -0.930. The molecule has 0 radical (unpaired) electrons. The standard InChI is InChI=1S/C10H16N2O/c11-6-10(8-13)4-3-9-2-1-5-12-7-9/h1-2,5,7,10,13H,3-4,6,8,11H2. The molecule has 0 amide bonds. The number of aliphatic hydroxyl groups excluding tert-OH is 1. The Bertz CT molecular complexity index is 222. The van der Waals surface area contributed by atoms with Gasteiger partial charge in [0.05, 0.1) is 0 Å². The molecule has 1 heterocycles. The number of hydrogen-bond donors (Lipinski definition) is 2. The first-order chi connectivity index (χ1) is 6.36. The molecule has 0 aliphatic heterocycles. The van der Waals surface area contributed by atoms with E-state index in [1.807, 2.05) is 18.3 Å². The highest BCUT2D eigenvalue weighted by atomic mass is 16.3. The summed E-state index contributed by atoms with van der Waals surface area (Å²) in [5.41, 5.74) is 6.67. The van der Waals surface area contributed by atoms with Crippen molar-refractivity contribution in [3.8, 4) is 0 Å². The molecule has 3 heteroatoms. The summed E-state index contributed by atoms with van der Waals surface area (Å²) in [6, 6.07) is 3.96. The molecule has 3 N–H and O–H groups in total. The summed E-state index contributed by atoms with van der Waals surface area (Å²) in [4.78, 5) is 4.02. The van der Waals surface area contributed by atoms with E-state index in [1.165, 1.54) is 5.56 Å². The Morgan fingerprint density at radius 2 is 2.38 bits per heavy atom. The van der Waals surface area contributed by atoms with Crippen molar-refractivity contribution in [1.29, 1.82) is 0 Å². The highest BCUT2D eigenvalue weighted by Gasteiger charge is 2.04. The fourth-order valence-corrected chi connectivity index (χ4v) is 1.20. The molecule has 1 aromatic rings. The molecule has 13 heavy (non-hydrogen) atoms. The molecule has 0 bridgehead atoms. The van der Waals surface area contributed by atoms with Crippen molar-refractivity contribution in [3.63, 3.8) is 0 Å². The van der Waals surface area contributed by atoms with E-state index >= 15 is 0 Å². The predicted molar refractivity (Wildman–Crippen MR) is 52.2 cm³/mol. The molecule has 0 saturated carbocycles. The predicted octanol–water partition coefficient (Wildman–Crippen LogP) is 0.581. The van der Waals surface area contributed by atoms with Crippen LogP contribution in [-0.2, 0) is 6.42 Å². The van der Waals surface area contributed by atoms with Crippen molar-refractivity contribution < 1.29 is 5.11 Å². The quantitative estimate of drug-likeness (QED) is 0.697. The molecule has 1 atom stereocenters. The van der Waals surface area contributed by atoms with Crippen LogP contribution in [0.2, 0.25) is 0 Å². The summed E-state index contributed by atoms with van der Waals surface area (Å²) in [7, 11) is 0. The van der Waals surface area contributed by atoms with Gasteiger partial charge in [0.1, 0.15) is 0 Å². The third-order valence-electron chi connectivity index (χ3n) is 2.16. The van der Waals surface area contributed by atoms with Gasteiger partial charge in [0, 0.05) is 19.0 Å². The second-order valence-corrected chi connectivity index (χ2v) is 3.18. The number of aromatic nitrogens is 1. The van der Waals surface area contributed by atoms with Crippen molar-refractivity contribution in [2.75, 3.05) is 13.2 Å². The van der Waals surface area contributed by atoms with Gasteiger partial charge < -0.3 is 10.8 Å². The summed E-state index contributed by atoms with van der Waals surface area (Å²) in [5, 5.41) is 8.91. The lowest BCUT2D eigenvalue weighted by atomic mass is 10.0. The number of hydrogen-bond acceptors (Lipinski definition) is 3. The topological polar surface area (TPSA) is 59.1 Å². The first kappa shape index (κ1) is 10.2. The van der Waals surface area contributed by atoms with Gasteiger partial charge in [0.2, 0.25) is 0 Å². The van der Waals surface area contributed by atoms with Crippen LogP contribution in [0, 0.1) is 5.92 Å². The van der Waals surface area contributed by atoms with Crippen LogP contribution in [0.5, 0.6) is 0 Å². The second kappa shape index (κ2) is 5.67. The average molecular weight is 180 g/mol. The van der Waals surface area contributed by atoms with E-state index in [9.17, 15) is 0 Å². The van der Waals surface area contributed by atoms with Crippen molar-refractivity contribution in [2.45, 2.75) is 12.8 Å². The van der Waals surface area contributed by atoms with Crippen LogP contribution in [0.1, 0.15) is 12.0 Å². The zero-order chi connectivity index (χ0) is 9.52. The summed E-state index contributed by atoms with van der Waals surface area (Å²) < 4.78 is 0. The van der Waals surface area contributed by atoms with Crippen molar-refractivity contribution in [2.24, 2.45) is 11.7 Å². The lowest BCUT2D eigenvalue weighted by molar-refractivity contribution is 0.223. The molecule has 72 valence electrons. The van der Waals surface area contributed by atoms with Crippen LogP contribution in [0.25, 0.3) is 0 Å². The number of aliphatic hydroxyl groups is 1. The molecule has 3 nitrogen and oxygen atoms in total. The van der Waals surface area contributed by atoms with Gasteiger partial charge in [-0.15, -0.1) is 0 Å². The summed E-state index contributed by atoms with van der Waals surface area (Å²) in [6.45, 7) is 0.730. The fraction of sp³-hybridized carbons (Fsp3) is 0.500. The van der Waals surface area contributed by atoms with Crippen molar-refractivity contribution >= 4 is 0 Å². The second-order valence-electron chi connectivity index (χ2n) is 3.18. The summed E-state index contributed by atoms with van der Waals surface area (Å²) in [6.07, 6.45) is 5.48. The van der Waals surface area contributed by atoms with Gasteiger partial charge in [-0.3, -0.25) is 4.98 Å². The van der Waals surface area contributed by atoms with E-state index in [-0.39, 0.29) is 12.5 Å². The van der Waals surface area contributed by atoms with E-state index in [4.69, 9.17) is 10.8 Å². The zero-order valence-corrected chi connectivity index (χ0v) is 7.69. The number of pyridine rings is 1. The Kier molecular flexibility index (Phi) is 4.43. The molecule has 0 fully saturated rings. The lowest BCUT2D eigenvalue weighted by Gasteiger charge is -2.10. The van der Waals surface area contributed by atoms with E-state index in [2.05, 4.69) is 4.98 Å². The molecule has 0 spiro atoms. The van der Waals surface area contributed by atoms with Crippen LogP contribution in [0.3, 0.4) is 0 Å². The minimum Gasteiger partial charge on any atom is -0.396 e. The zero-order valence-electron chi connectivity index (χ0n) is 7.69. The third-order valence-corrected chi connectivity index (χ3v) is 2.16. The van der Waals surface area contributed by atoms with E-state index < -0.39 is 0 Å². The Morgan fingerprint density at radius 3 is 2.92 bits per heavy atom. The largest absolute Gasteiger partial charge is 0.396 e. The average Bonchev–Trinajstić information content (AvgIpc) is 2.21. The maximum Gasteiger partial charge on any atom is 0.0471 e. The molecule has 0 aromatic carbocycles. The van der Waals surface area contributed by atoms with Gasteiger partial charge in [-0.2, -0.15) is 0 Å². The minimum absolute atomic E-state index is 0.177. The number of nitrogens with zero attached hydrogens (tertiary/aromatic N) is 1. The third kappa shape index (κ3) is 3.53. The molecule has 1 rings (SSSR count). The monoisotopic (exact) mass is 180 g/mol. The molecule has 1 unspecified atom stereocenters. The SMILES string of the molecule is NCC(CO)CCc1cccnc1. The normalized spacial score (nSPS) is 12.8. The van der Waals surface area contributed by atoms with Crippen LogP contribution < -0.4 is 5.73 Å². The highest BCUT2D eigenvalue weighted by molar-refractivity contribution is 5.08. The molecule has 0 aliphatic rings. The highest BCUT2D eigenvalue weighted by Crippen LogP contribution is 2.07. The van der Waals surface area contributed by atoms with Crippen molar-refractivity contribution in [1.82, 2.24) is 4.98 Å². The summed E-state index contributed by atoms with van der Waals surface area (Å²) >= 11 is 0. The van der Waals surface area contributed by atoms with E-state index in [0.717, 1.165) is 12.8 Å².